The number of aromatic nitrogens is 1. The van der Waals surface area contributed by atoms with Gasteiger partial charge in [0.2, 0.25) is 5.91 Å². The highest BCUT2D eigenvalue weighted by Gasteiger charge is 2.31. The van der Waals surface area contributed by atoms with Crippen LogP contribution in [0.5, 0.6) is 11.5 Å². The number of hydrogen-bond donors (Lipinski definition) is 3. The van der Waals surface area contributed by atoms with Crippen LogP contribution in [0.4, 0.5) is 22.0 Å². The van der Waals surface area contributed by atoms with Gasteiger partial charge in [-0.05, 0) is 43.7 Å². The summed E-state index contributed by atoms with van der Waals surface area (Å²) in [5.41, 5.74) is -0.704. The molecule has 1 atom stereocenters. The number of rotatable bonds is 6. The first kappa shape index (κ1) is 25.5. The van der Waals surface area contributed by atoms with Crippen LogP contribution in [0, 0.1) is 18.6 Å². The molecule has 0 saturated carbocycles. The molecular weight excluding hydrogens is 483 g/mol. The number of benzene rings is 2. The number of aromatic hydroxyl groups is 1. The summed E-state index contributed by atoms with van der Waals surface area (Å²) in [6.45, 7) is 2.49. The molecule has 8 nitrogen and oxygen atoms in total. The fourth-order valence-corrected chi connectivity index (χ4v) is 3.48. The van der Waals surface area contributed by atoms with Crippen LogP contribution in [0.3, 0.4) is 0 Å². The van der Waals surface area contributed by atoms with Crippen molar-refractivity contribution >= 4 is 28.7 Å². The molecule has 0 radical (unpaired) electrons. The van der Waals surface area contributed by atoms with E-state index in [1.165, 1.54) is 13.8 Å². The Balaban J connectivity index is 2.10. The summed E-state index contributed by atoms with van der Waals surface area (Å²) in [5, 5.41) is 20.4. The number of phenolic OH excluding ortho intramolecular Hbond substituents is 1. The molecule has 1 aromatic heterocycles. The number of aliphatic carboxylic acids is 1. The van der Waals surface area contributed by atoms with E-state index in [9.17, 15) is 41.4 Å². The maximum Gasteiger partial charge on any atom is 0.573 e. The average molecular weight is 500 g/mol. The Morgan fingerprint density at radius 3 is 2.29 bits per heavy atom. The Labute approximate surface area is 193 Å². The van der Waals surface area contributed by atoms with Crippen LogP contribution in [0.2, 0.25) is 0 Å². The summed E-state index contributed by atoms with van der Waals surface area (Å²) >= 11 is 0. The van der Waals surface area contributed by atoms with E-state index in [4.69, 9.17) is 5.11 Å². The number of nitrogens with one attached hydrogen (secondary N) is 1. The quantitative estimate of drug-likeness (QED) is 0.445. The first-order valence-electron chi connectivity index (χ1n) is 9.84. The Kier molecular flexibility index (Phi) is 6.72. The molecule has 0 spiro atoms. The minimum atomic E-state index is -4.95. The minimum Gasteiger partial charge on any atom is -0.503 e. The fourth-order valence-electron chi connectivity index (χ4n) is 3.48. The molecule has 0 bridgehead atoms. The normalized spacial score (nSPS) is 12.4. The number of halogens is 5. The molecule has 3 aromatic rings. The first-order valence-corrected chi connectivity index (χ1v) is 9.84. The molecular formula is C22H17F5N2O6. The van der Waals surface area contributed by atoms with E-state index < -0.39 is 65.1 Å². The van der Waals surface area contributed by atoms with Gasteiger partial charge in [-0.1, -0.05) is 0 Å². The SMILES string of the molecule is Cc1c(CC(=O)NC(C)C(=O)O)c2c(F)c(O)c(F)cc2n1C(=O)c1ccc(OC(F)(F)F)cc1. The van der Waals surface area contributed by atoms with Crippen molar-refractivity contribution in [1.82, 2.24) is 9.88 Å². The van der Waals surface area contributed by atoms with Crippen LogP contribution in [-0.2, 0) is 16.0 Å². The third-order valence-electron chi connectivity index (χ3n) is 5.11. The van der Waals surface area contributed by atoms with Gasteiger partial charge in [0.1, 0.15) is 11.8 Å². The van der Waals surface area contributed by atoms with Gasteiger partial charge in [0, 0.05) is 22.7 Å². The van der Waals surface area contributed by atoms with Crippen LogP contribution in [0.15, 0.2) is 30.3 Å². The highest BCUT2D eigenvalue weighted by atomic mass is 19.4. The molecule has 1 amide bonds. The first-order chi connectivity index (χ1) is 16.2. The van der Waals surface area contributed by atoms with Crippen molar-refractivity contribution < 1.29 is 51.3 Å². The summed E-state index contributed by atoms with van der Waals surface area (Å²) in [7, 11) is 0. The van der Waals surface area contributed by atoms with Gasteiger partial charge in [0.15, 0.2) is 17.4 Å². The van der Waals surface area contributed by atoms with Crippen LogP contribution in [-0.4, -0.2) is 45.0 Å². The maximum absolute atomic E-state index is 14.9. The van der Waals surface area contributed by atoms with Crippen molar-refractivity contribution in [3.05, 3.63) is 58.8 Å². The van der Waals surface area contributed by atoms with Crippen LogP contribution < -0.4 is 10.1 Å². The van der Waals surface area contributed by atoms with Crippen molar-refractivity contribution in [1.29, 1.82) is 0 Å². The maximum atomic E-state index is 14.9. The zero-order chi connectivity index (χ0) is 26.2. The smallest absolute Gasteiger partial charge is 0.503 e. The molecule has 0 aliphatic heterocycles. The summed E-state index contributed by atoms with van der Waals surface area (Å²) < 4.78 is 70.7. The van der Waals surface area contributed by atoms with Gasteiger partial charge < -0.3 is 20.3 Å². The lowest BCUT2D eigenvalue weighted by Gasteiger charge is -2.11. The third kappa shape index (κ3) is 5.18. The minimum absolute atomic E-state index is 0.0392. The van der Waals surface area contributed by atoms with Crippen molar-refractivity contribution in [3.63, 3.8) is 0 Å². The van der Waals surface area contributed by atoms with E-state index in [1.807, 2.05) is 0 Å². The largest absolute Gasteiger partial charge is 0.573 e. The van der Waals surface area contributed by atoms with E-state index in [2.05, 4.69) is 10.1 Å². The number of nitrogens with zero attached hydrogens (tertiary/aromatic N) is 1. The number of amides is 1. The number of phenols is 1. The molecule has 186 valence electrons. The number of fused-ring (bicyclic) bond motifs is 1. The summed E-state index contributed by atoms with van der Waals surface area (Å²) in [5.74, 6) is -7.89. The number of alkyl halides is 3. The lowest BCUT2D eigenvalue weighted by atomic mass is 10.1. The van der Waals surface area contributed by atoms with Gasteiger partial charge in [-0.3, -0.25) is 19.0 Å². The molecule has 0 aliphatic carbocycles. The lowest BCUT2D eigenvalue weighted by Crippen LogP contribution is -2.39. The van der Waals surface area contributed by atoms with Gasteiger partial charge in [0.25, 0.3) is 5.91 Å². The van der Waals surface area contributed by atoms with Gasteiger partial charge in [-0.15, -0.1) is 13.2 Å². The number of ether oxygens (including phenoxy) is 1. The van der Waals surface area contributed by atoms with Crippen molar-refractivity contribution in [2.45, 2.75) is 32.7 Å². The molecule has 3 rings (SSSR count). The average Bonchev–Trinajstić information content (AvgIpc) is 3.01. The highest BCUT2D eigenvalue weighted by Crippen LogP contribution is 2.35. The van der Waals surface area contributed by atoms with Gasteiger partial charge >= 0.3 is 12.3 Å². The number of carboxylic acid groups (broad SMARTS) is 1. The Bertz CT molecular complexity index is 1330. The second-order valence-corrected chi connectivity index (χ2v) is 7.50. The number of hydrogen-bond acceptors (Lipinski definition) is 5. The molecule has 2 aromatic carbocycles. The number of carboxylic acids is 1. The summed E-state index contributed by atoms with van der Waals surface area (Å²) in [6, 6.07) is 3.13. The molecule has 1 unspecified atom stereocenters. The standard InChI is InChI=1S/C22H17F5N2O6/c1-9(21(33)34)28-16(30)7-13-10(2)29(15-8-14(23)19(31)18(24)17(13)15)20(32)11-3-5-12(6-4-11)35-22(25,26)27/h3-6,8-9,31H,7H2,1-2H3,(H,28,30)(H,33,34). The topological polar surface area (TPSA) is 118 Å². The van der Waals surface area contributed by atoms with Gasteiger partial charge in [-0.25, -0.2) is 8.78 Å². The van der Waals surface area contributed by atoms with Crippen molar-refractivity contribution in [2.75, 3.05) is 0 Å². The van der Waals surface area contributed by atoms with Crippen molar-refractivity contribution in [2.24, 2.45) is 0 Å². The molecule has 13 heteroatoms. The number of carbonyl (C=O) groups is 3. The van der Waals surface area contributed by atoms with Crippen LogP contribution in [0.1, 0.15) is 28.5 Å². The second kappa shape index (κ2) is 9.24. The lowest BCUT2D eigenvalue weighted by molar-refractivity contribution is -0.274. The van der Waals surface area contributed by atoms with E-state index >= 15 is 0 Å². The van der Waals surface area contributed by atoms with E-state index in [1.54, 1.807) is 0 Å². The zero-order valence-electron chi connectivity index (χ0n) is 18.0. The predicted octanol–water partition coefficient (Wildman–Crippen LogP) is 3.65. The van der Waals surface area contributed by atoms with Crippen LogP contribution in [0.25, 0.3) is 10.9 Å². The van der Waals surface area contributed by atoms with E-state index in [0.717, 1.165) is 28.8 Å². The molecule has 1 heterocycles. The third-order valence-corrected chi connectivity index (χ3v) is 5.11. The monoisotopic (exact) mass is 500 g/mol. The van der Waals surface area contributed by atoms with Gasteiger partial charge in [0.05, 0.1) is 11.9 Å². The molecule has 0 saturated heterocycles. The molecule has 3 N–H and O–H groups in total. The Morgan fingerprint density at radius 1 is 1.14 bits per heavy atom. The molecule has 35 heavy (non-hydrogen) atoms. The molecule has 0 aliphatic rings. The highest BCUT2D eigenvalue weighted by molar-refractivity contribution is 6.05. The second-order valence-electron chi connectivity index (χ2n) is 7.50. The molecule has 0 fully saturated rings. The Morgan fingerprint density at radius 2 is 1.74 bits per heavy atom. The number of carbonyl (C=O) groups excluding carboxylic acids is 2. The van der Waals surface area contributed by atoms with Crippen molar-refractivity contribution in [3.8, 4) is 11.5 Å². The van der Waals surface area contributed by atoms with E-state index in [0.29, 0.717) is 6.07 Å². The Hall–Kier alpha value is -4.16. The van der Waals surface area contributed by atoms with Gasteiger partial charge in [-0.2, -0.15) is 0 Å². The fraction of sp³-hybridized carbons (Fsp3) is 0.227. The van der Waals surface area contributed by atoms with E-state index in [-0.39, 0.29) is 22.3 Å². The zero-order valence-corrected chi connectivity index (χ0v) is 18.0. The summed E-state index contributed by atoms with van der Waals surface area (Å²) in [6.07, 6.45) is -5.58. The van der Waals surface area contributed by atoms with Crippen LogP contribution >= 0.6 is 0 Å². The predicted molar refractivity (Wildman–Crippen MR) is 110 cm³/mol. The summed E-state index contributed by atoms with van der Waals surface area (Å²) in [4.78, 5) is 36.5.